The number of nitrogens with one attached hydrogen (secondary N) is 1. The molecular weight excluding hydrogens is 350 g/mol. The molecule has 0 spiro atoms. The SMILES string of the molecule is C=Cc1ccc(OC)c(OCCNC(=O)OC(C)(C)C)c1Br. The fourth-order valence-electron chi connectivity index (χ4n) is 1.63. The minimum atomic E-state index is -0.518. The largest absolute Gasteiger partial charge is 0.493 e. The van der Waals surface area contributed by atoms with E-state index in [0.29, 0.717) is 18.0 Å². The molecule has 1 aromatic carbocycles. The first-order valence-electron chi connectivity index (χ1n) is 6.87. The van der Waals surface area contributed by atoms with Crippen LogP contribution >= 0.6 is 15.9 Å². The van der Waals surface area contributed by atoms with Gasteiger partial charge in [0.15, 0.2) is 11.5 Å². The van der Waals surface area contributed by atoms with Crippen LogP contribution in [-0.4, -0.2) is 32.0 Å². The van der Waals surface area contributed by atoms with E-state index >= 15 is 0 Å². The van der Waals surface area contributed by atoms with Crippen LogP contribution in [0.25, 0.3) is 6.08 Å². The lowest BCUT2D eigenvalue weighted by Gasteiger charge is -2.20. The summed E-state index contributed by atoms with van der Waals surface area (Å²) in [5.41, 5.74) is 0.381. The molecule has 0 saturated carbocycles. The zero-order chi connectivity index (χ0) is 16.8. The smallest absolute Gasteiger partial charge is 0.407 e. The van der Waals surface area contributed by atoms with Crippen molar-refractivity contribution in [2.24, 2.45) is 0 Å². The van der Waals surface area contributed by atoms with Crippen LogP contribution in [0.3, 0.4) is 0 Å². The molecule has 5 nitrogen and oxygen atoms in total. The van der Waals surface area contributed by atoms with Gasteiger partial charge in [-0.1, -0.05) is 12.7 Å². The summed E-state index contributed by atoms with van der Waals surface area (Å²) in [6.07, 6.45) is 1.25. The molecule has 0 heterocycles. The molecule has 0 unspecified atom stereocenters. The molecular formula is C16H22BrNO4. The summed E-state index contributed by atoms with van der Waals surface area (Å²) in [6, 6.07) is 3.68. The van der Waals surface area contributed by atoms with Crippen molar-refractivity contribution in [3.05, 3.63) is 28.7 Å². The Balaban J connectivity index is 2.58. The molecule has 22 heavy (non-hydrogen) atoms. The average Bonchev–Trinajstić information content (AvgIpc) is 2.42. The van der Waals surface area contributed by atoms with Gasteiger partial charge in [0.2, 0.25) is 0 Å². The highest BCUT2D eigenvalue weighted by Crippen LogP contribution is 2.38. The second kappa shape index (κ2) is 8.08. The molecule has 0 fully saturated rings. The van der Waals surface area contributed by atoms with E-state index in [9.17, 15) is 4.79 Å². The lowest BCUT2D eigenvalue weighted by molar-refractivity contribution is 0.0520. The van der Waals surface area contributed by atoms with Gasteiger partial charge in [0, 0.05) is 0 Å². The minimum Gasteiger partial charge on any atom is -0.493 e. The van der Waals surface area contributed by atoms with E-state index in [1.54, 1.807) is 19.3 Å². The number of alkyl carbamates (subject to hydrolysis) is 1. The van der Waals surface area contributed by atoms with Crippen molar-refractivity contribution in [1.29, 1.82) is 0 Å². The fourth-order valence-corrected chi connectivity index (χ4v) is 2.23. The van der Waals surface area contributed by atoms with Crippen molar-refractivity contribution < 1.29 is 19.0 Å². The lowest BCUT2D eigenvalue weighted by Crippen LogP contribution is -2.34. The lowest BCUT2D eigenvalue weighted by atomic mass is 10.2. The molecule has 0 atom stereocenters. The van der Waals surface area contributed by atoms with Crippen LogP contribution in [0.15, 0.2) is 23.2 Å². The number of amides is 1. The number of hydrogen-bond donors (Lipinski definition) is 1. The summed E-state index contributed by atoms with van der Waals surface area (Å²) in [4.78, 5) is 11.5. The van der Waals surface area contributed by atoms with Gasteiger partial charge >= 0.3 is 6.09 Å². The first-order chi connectivity index (χ1) is 10.3. The molecule has 1 rings (SSSR count). The maximum absolute atomic E-state index is 11.5. The van der Waals surface area contributed by atoms with Crippen LogP contribution in [0.4, 0.5) is 4.79 Å². The van der Waals surface area contributed by atoms with Crippen molar-refractivity contribution >= 4 is 28.1 Å². The maximum Gasteiger partial charge on any atom is 0.407 e. The van der Waals surface area contributed by atoms with Crippen LogP contribution in [0.2, 0.25) is 0 Å². The summed E-state index contributed by atoms with van der Waals surface area (Å²) < 4.78 is 16.9. The van der Waals surface area contributed by atoms with Crippen LogP contribution in [-0.2, 0) is 4.74 Å². The van der Waals surface area contributed by atoms with E-state index in [2.05, 4.69) is 27.8 Å². The van der Waals surface area contributed by atoms with Crippen LogP contribution in [0.5, 0.6) is 11.5 Å². The highest BCUT2D eigenvalue weighted by atomic mass is 79.9. The molecule has 0 aliphatic rings. The van der Waals surface area contributed by atoms with Crippen molar-refractivity contribution in [1.82, 2.24) is 5.32 Å². The third-order valence-electron chi connectivity index (χ3n) is 2.55. The standard InChI is InChI=1S/C16H22BrNO4/c1-6-11-7-8-12(20-5)14(13(11)17)21-10-9-18-15(19)22-16(2,3)4/h6-8H,1,9-10H2,2-5H3,(H,18,19). The number of rotatable bonds is 6. The molecule has 0 radical (unpaired) electrons. The summed E-state index contributed by atoms with van der Waals surface area (Å²) in [5, 5.41) is 2.63. The second-order valence-electron chi connectivity index (χ2n) is 5.48. The second-order valence-corrected chi connectivity index (χ2v) is 6.27. The maximum atomic E-state index is 11.5. The molecule has 6 heteroatoms. The Labute approximate surface area is 139 Å². The number of halogens is 1. The quantitative estimate of drug-likeness (QED) is 0.767. The molecule has 0 aromatic heterocycles. The summed E-state index contributed by atoms with van der Waals surface area (Å²) in [6.45, 7) is 9.78. The molecule has 0 aliphatic carbocycles. The normalized spacial score (nSPS) is 10.8. The molecule has 1 aromatic rings. The molecule has 0 saturated heterocycles. The number of carbonyl (C=O) groups is 1. The van der Waals surface area contributed by atoms with Crippen molar-refractivity contribution in [3.63, 3.8) is 0 Å². The van der Waals surface area contributed by atoms with Gasteiger partial charge in [-0.3, -0.25) is 0 Å². The van der Waals surface area contributed by atoms with Crippen molar-refractivity contribution in [2.75, 3.05) is 20.3 Å². The summed E-state index contributed by atoms with van der Waals surface area (Å²) in [5.74, 6) is 1.18. The first kappa shape index (κ1) is 18.4. The Morgan fingerprint density at radius 1 is 1.41 bits per heavy atom. The van der Waals surface area contributed by atoms with E-state index < -0.39 is 11.7 Å². The van der Waals surface area contributed by atoms with Gasteiger partial charge in [0.05, 0.1) is 18.1 Å². The van der Waals surface area contributed by atoms with Gasteiger partial charge in [-0.05, 0) is 54.4 Å². The number of hydrogen-bond acceptors (Lipinski definition) is 4. The highest BCUT2D eigenvalue weighted by molar-refractivity contribution is 9.10. The summed E-state index contributed by atoms with van der Waals surface area (Å²) >= 11 is 3.47. The van der Waals surface area contributed by atoms with E-state index in [1.165, 1.54) is 0 Å². The summed E-state index contributed by atoms with van der Waals surface area (Å²) in [7, 11) is 1.57. The number of carbonyl (C=O) groups excluding carboxylic acids is 1. The van der Waals surface area contributed by atoms with E-state index in [4.69, 9.17) is 14.2 Å². The van der Waals surface area contributed by atoms with Gasteiger partial charge in [-0.15, -0.1) is 0 Å². The Hall–Kier alpha value is -1.69. The topological polar surface area (TPSA) is 56.8 Å². The predicted molar refractivity (Wildman–Crippen MR) is 90.5 cm³/mol. The van der Waals surface area contributed by atoms with Crippen molar-refractivity contribution in [2.45, 2.75) is 26.4 Å². The van der Waals surface area contributed by atoms with Gasteiger partial charge in [0.1, 0.15) is 12.2 Å². The van der Waals surface area contributed by atoms with Gasteiger partial charge in [-0.25, -0.2) is 4.79 Å². The number of methoxy groups -OCH3 is 1. The number of ether oxygens (including phenoxy) is 3. The van der Waals surface area contributed by atoms with Gasteiger partial charge < -0.3 is 19.5 Å². The van der Waals surface area contributed by atoms with Crippen LogP contribution < -0.4 is 14.8 Å². The van der Waals surface area contributed by atoms with Crippen LogP contribution in [0.1, 0.15) is 26.3 Å². The Morgan fingerprint density at radius 3 is 2.64 bits per heavy atom. The molecule has 122 valence electrons. The Kier molecular flexibility index (Phi) is 6.74. The zero-order valence-corrected chi connectivity index (χ0v) is 15.0. The van der Waals surface area contributed by atoms with Gasteiger partial charge in [0.25, 0.3) is 0 Å². The first-order valence-corrected chi connectivity index (χ1v) is 7.66. The molecule has 1 amide bonds. The zero-order valence-electron chi connectivity index (χ0n) is 13.4. The predicted octanol–water partition coefficient (Wildman–Crippen LogP) is 4.00. The Bertz CT molecular complexity index is 538. The van der Waals surface area contributed by atoms with E-state index in [-0.39, 0.29) is 6.61 Å². The minimum absolute atomic E-state index is 0.287. The number of benzene rings is 1. The fraction of sp³-hybridized carbons (Fsp3) is 0.438. The average molecular weight is 372 g/mol. The van der Waals surface area contributed by atoms with Gasteiger partial charge in [-0.2, -0.15) is 0 Å². The Morgan fingerprint density at radius 2 is 2.09 bits per heavy atom. The highest BCUT2D eigenvalue weighted by Gasteiger charge is 2.16. The third kappa shape index (κ3) is 5.60. The van der Waals surface area contributed by atoms with Crippen molar-refractivity contribution in [3.8, 4) is 11.5 Å². The molecule has 0 bridgehead atoms. The van der Waals surface area contributed by atoms with E-state index in [1.807, 2.05) is 26.8 Å². The molecule has 0 aliphatic heterocycles. The molecule has 1 N–H and O–H groups in total. The van der Waals surface area contributed by atoms with E-state index in [0.717, 1.165) is 10.0 Å². The third-order valence-corrected chi connectivity index (χ3v) is 3.37. The van der Waals surface area contributed by atoms with Crippen LogP contribution in [0, 0.1) is 0 Å². The monoisotopic (exact) mass is 371 g/mol.